The molecule has 6 heterocycles. The number of carbonyl (C=O) groups excluding carboxylic acids is 1. The van der Waals surface area contributed by atoms with E-state index in [1.807, 2.05) is 18.3 Å². The number of nitrogens with zero attached hydrogens (tertiary/aromatic N) is 6. The molecule has 2 aliphatic rings. The summed E-state index contributed by atoms with van der Waals surface area (Å²) in [5, 5.41) is 7.61. The monoisotopic (exact) mass is 577 g/mol. The minimum Gasteiger partial charge on any atom is -0.378 e. The highest BCUT2D eigenvalue weighted by atomic mass is 16.5. The average molecular weight is 578 g/mol. The fourth-order valence-corrected chi connectivity index (χ4v) is 6.04. The van der Waals surface area contributed by atoms with Gasteiger partial charge in [0, 0.05) is 56.0 Å². The van der Waals surface area contributed by atoms with Gasteiger partial charge in [0.25, 0.3) is 0 Å². The zero-order valence-corrected chi connectivity index (χ0v) is 24.0. The second-order valence-corrected chi connectivity index (χ2v) is 11.1. The maximum Gasteiger partial charge on any atom is 0.243 e. The summed E-state index contributed by atoms with van der Waals surface area (Å²) in [5.41, 5.74) is 6.69. The molecule has 0 bridgehead atoms. The standard InChI is InChI=1S/C32H35N9O2/c1-2-29(42)36-24-5-3-11-39(18-24)19-25-20-41-12-4-6-27(32(41)37-25)35-23-9-7-22(8-10-23)28-17-26-30(38-28)33-21-34-31(26)40-13-15-43-16-14-40/h2,4,6-10,12,17,20-21,24,35H,1,3,5,11,13-16,18-19H2,(H,36,42)(H,33,34,38)/t24-/m1/s1. The number of hydrogen-bond acceptors (Lipinski definition) is 8. The molecule has 7 rings (SSSR count). The maximum atomic E-state index is 11.8. The molecule has 1 aromatic carbocycles. The van der Waals surface area contributed by atoms with E-state index < -0.39 is 0 Å². The quantitative estimate of drug-likeness (QED) is 0.236. The molecule has 0 unspecified atom stereocenters. The number of pyridine rings is 1. The van der Waals surface area contributed by atoms with Crippen molar-refractivity contribution >= 4 is 39.8 Å². The molecule has 2 saturated heterocycles. The van der Waals surface area contributed by atoms with Crippen LogP contribution in [0, 0.1) is 0 Å². The smallest absolute Gasteiger partial charge is 0.243 e. The number of anilines is 3. The lowest BCUT2D eigenvalue weighted by Crippen LogP contribution is -2.46. The molecular weight excluding hydrogens is 542 g/mol. The van der Waals surface area contributed by atoms with Crippen LogP contribution in [0.3, 0.4) is 0 Å². The number of piperidine rings is 1. The third-order valence-corrected chi connectivity index (χ3v) is 8.15. The molecule has 3 N–H and O–H groups in total. The van der Waals surface area contributed by atoms with Gasteiger partial charge in [0.05, 0.1) is 30.0 Å². The molecule has 2 aliphatic heterocycles. The van der Waals surface area contributed by atoms with Gasteiger partial charge in [-0.15, -0.1) is 0 Å². The molecule has 1 atom stereocenters. The number of likely N-dealkylation sites (tertiary alicyclic amines) is 1. The topological polar surface area (TPSA) is 116 Å². The Balaban J connectivity index is 1.06. The zero-order chi connectivity index (χ0) is 29.2. The highest BCUT2D eigenvalue weighted by molar-refractivity contribution is 5.92. The van der Waals surface area contributed by atoms with E-state index in [1.165, 1.54) is 6.08 Å². The van der Waals surface area contributed by atoms with Gasteiger partial charge in [-0.3, -0.25) is 9.69 Å². The predicted octanol–water partition coefficient (Wildman–Crippen LogP) is 4.12. The van der Waals surface area contributed by atoms with E-state index in [1.54, 1.807) is 6.33 Å². The highest BCUT2D eigenvalue weighted by Crippen LogP contribution is 2.30. The number of benzene rings is 1. The van der Waals surface area contributed by atoms with Crippen LogP contribution in [-0.4, -0.2) is 80.6 Å². The van der Waals surface area contributed by atoms with Crippen molar-refractivity contribution in [1.82, 2.24) is 34.6 Å². The molecule has 0 aliphatic carbocycles. The van der Waals surface area contributed by atoms with Crippen LogP contribution in [0.25, 0.3) is 27.9 Å². The Bertz CT molecular complexity index is 1750. The Kier molecular flexibility index (Phi) is 7.48. The molecule has 0 radical (unpaired) electrons. The summed E-state index contributed by atoms with van der Waals surface area (Å²) in [6.07, 6.45) is 9.08. The SMILES string of the molecule is C=CC(=O)N[C@@H]1CCCN(Cc2cn3cccc(Nc4ccc(-c5cc6c(N7CCOCC7)ncnc6[nH]5)cc4)c3n2)C1. The molecule has 5 aromatic rings. The fraction of sp³-hybridized carbons (Fsp3) is 0.312. The summed E-state index contributed by atoms with van der Waals surface area (Å²) in [7, 11) is 0. The summed E-state index contributed by atoms with van der Waals surface area (Å²) in [5.74, 6) is 0.831. The number of aromatic nitrogens is 5. The van der Waals surface area contributed by atoms with Crippen molar-refractivity contribution < 1.29 is 9.53 Å². The van der Waals surface area contributed by atoms with E-state index in [2.05, 4.69) is 82.9 Å². The Labute approximate surface area is 249 Å². The number of fused-ring (bicyclic) bond motifs is 2. The van der Waals surface area contributed by atoms with E-state index >= 15 is 0 Å². The lowest BCUT2D eigenvalue weighted by molar-refractivity contribution is -0.117. The molecule has 0 spiro atoms. The molecule has 11 nitrogen and oxygen atoms in total. The van der Waals surface area contributed by atoms with Gasteiger partial charge in [-0.25, -0.2) is 15.0 Å². The first kappa shape index (κ1) is 27.1. The maximum absolute atomic E-state index is 11.8. The third-order valence-electron chi connectivity index (χ3n) is 8.15. The summed E-state index contributed by atoms with van der Waals surface area (Å²) in [6, 6.07) is 14.7. The van der Waals surface area contributed by atoms with Crippen LogP contribution in [-0.2, 0) is 16.1 Å². The molecule has 0 saturated carbocycles. The van der Waals surface area contributed by atoms with Crippen LogP contribution in [0.4, 0.5) is 17.2 Å². The number of rotatable bonds is 8. The molecule has 4 aromatic heterocycles. The van der Waals surface area contributed by atoms with Crippen LogP contribution in [0.1, 0.15) is 18.5 Å². The van der Waals surface area contributed by atoms with E-state index in [-0.39, 0.29) is 11.9 Å². The van der Waals surface area contributed by atoms with Crippen LogP contribution < -0.4 is 15.5 Å². The van der Waals surface area contributed by atoms with Crippen molar-refractivity contribution in [2.45, 2.75) is 25.4 Å². The summed E-state index contributed by atoms with van der Waals surface area (Å²) >= 11 is 0. The van der Waals surface area contributed by atoms with Gasteiger partial charge in [-0.05, 0) is 61.4 Å². The molecule has 220 valence electrons. The molecule has 43 heavy (non-hydrogen) atoms. The zero-order valence-electron chi connectivity index (χ0n) is 24.0. The lowest BCUT2D eigenvalue weighted by atomic mass is 10.1. The minimum absolute atomic E-state index is 0.114. The van der Waals surface area contributed by atoms with Crippen LogP contribution in [0.15, 0.2) is 73.8 Å². The number of imidazole rings is 1. The molecular formula is C32H35N9O2. The van der Waals surface area contributed by atoms with Gasteiger partial charge in [-0.1, -0.05) is 18.7 Å². The largest absolute Gasteiger partial charge is 0.378 e. The van der Waals surface area contributed by atoms with Gasteiger partial charge in [-0.2, -0.15) is 0 Å². The normalized spacial score (nSPS) is 17.8. The Morgan fingerprint density at radius 2 is 2.00 bits per heavy atom. The number of H-pyrrole nitrogens is 1. The molecule has 11 heteroatoms. The number of amides is 1. The first-order chi connectivity index (χ1) is 21.1. The first-order valence-corrected chi connectivity index (χ1v) is 14.8. The van der Waals surface area contributed by atoms with E-state index in [9.17, 15) is 4.79 Å². The average Bonchev–Trinajstić information content (AvgIpc) is 3.67. The highest BCUT2D eigenvalue weighted by Gasteiger charge is 2.22. The second-order valence-electron chi connectivity index (χ2n) is 11.1. The van der Waals surface area contributed by atoms with Crippen molar-refractivity contribution in [3.8, 4) is 11.3 Å². The van der Waals surface area contributed by atoms with Crippen molar-refractivity contribution in [3.63, 3.8) is 0 Å². The number of aromatic amines is 1. The summed E-state index contributed by atoms with van der Waals surface area (Å²) in [4.78, 5) is 33.9. The van der Waals surface area contributed by atoms with Gasteiger partial charge in [0.15, 0.2) is 5.65 Å². The Hall–Kier alpha value is -4.74. The van der Waals surface area contributed by atoms with Crippen molar-refractivity contribution in [2.75, 3.05) is 49.6 Å². The number of ether oxygens (including phenoxy) is 1. The fourth-order valence-electron chi connectivity index (χ4n) is 6.04. The van der Waals surface area contributed by atoms with Crippen LogP contribution >= 0.6 is 0 Å². The van der Waals surface area contributed by atoms with Crippen molar-refractivity contribution in [2.24, 2.45) is 0 Å². The Morgan fingerprint density at radius 1 is 1.14 bits per heavy atom. The molecule has 2 fully saturated rings. The number of hydrogen-bond donors (Lipinski definition) is 3. The lowest BCUT2D eigenvalue weighted by Gasteiger charge is -2.32. The van der Waals surface area contributed by atoms with Crippen LogP contribution in [0.5, 0.6) is 0 Å². The van der Waals surface area contributed by atoms with Crippen LogP contribution in [0.2, 0.25) is 0 Å². The van der Waals surface area contributed by atoms with Gasteiger partial charge >= 0.3 is 0 Å². The van der Waals surface area contributed by atoms with Gasteiger partial charge < -0.3 is 29.7 Å². The van der Waals surface area contributed by atoms with Gasteiger partial charge in [0.1, 0.15) is 17.8 Å². The number of nitrogens with one attached hydrogen (secondary N) is 3. The summed E-state index contributed by atoms with van der Waals surface area (Å²) in [6.45, 7) is 9.17. The number of carbonyl (C=O) groups is 1. The first-order valence-electron chi connectivity index (χ1n) is 14.8. The minimum atomic E-state index is -0.114. The van der Waals surface area contributed by atoms with E-state index in [0.717, 1.165) is 96.4 Å². The number of morpholine rings is 1. The van der Waals surface area contributed by atoms with Crippen molar-refractivity contribution in [3.05, 3.63) is 79.5 Å². The Morgan fingerprint density at radius 3 is 2.84 bits per heavy atom. The van der Waals surface area contributed by atoms with E-state index in [4.69, 9.17) is 9.72 Å². The van der Waals surface area contributed by atoms with Crippen molar-refractivity contribution in [1.29, 1.82) is 0 Å². The molecule has 1 amide bonds. The third kappa shape index (κ3) is 5.81. The van der Waals surface area contributed by atoms with E-state index in [0.29, 0.717) is 13.2 Å². The summed E-state index contributed by atoms with van der Waals surface area (Å²) < 4.78 is 7.57. The van der Waals surface area contributed by atoms with Gasteiger partial charge in [0.2, 0.25) is 5.91 Å². The predicted molar refractivity (Wildman–Crippen MR) is 167 cm³/mol. The second kappa shape index (κ2) is 11.9.